The Morgan fingerprint density at radius 2 is 1.48 bits per heavy atom. The van der Waals surface area contributed by atoms with Crippen LogP contribution in [0.5, 0.6) is 0 Å². The average molecular weight is 366 g/mol. The largest absolute Gasteiger partial charge is 0.382 e. The van der Waals surface area contributed by atoms with E-state index in [2.05, 4.69) is 65.6 Å². The Morgan fingerprint density at radius 1 is 0.889 bits per heavy atom. The fourth-order valence-electron chi connectivity index (χ4n) is 4.76. The van der Waals surface area contributed by atoms with E-state index in [1.807, 2.05) is 0 Å². The molecule has 0 radical (unpaired) electrons. The quantitative estimate of drug-likeness (QED) is 0.657. The zero-order chi connectivity index (χ0) is 18.5. The first kappa shape index (κ1) is 18.7. The third-order valence-electron chi connectivity index (χ3n) is 6.34. The smallest absolute Gasteiger partial charge is 0.0704 e. The molecule has 1 unspecified atom stereocenters. The van der Waals surface area contributed by atoms with E-state index in [1.165, 1.54) is 24.1 Å². The van der Waals surface area contributed by atoms with Gasteiger partial charge in [0.25, 0.3) is 0 Å². The Labute approximate surface area is 163 Å². The van der Waals surface area contributed by atoms with E-state index in [0.29, 0.717) is 18.6 Å². The zero-order valence-electron chi connectivity index (χ0n) is 16.3. The lowest BCUT2D eigenvalue weighted by Gasteiger charge is -2.32. The van der Waals surface area contributed by atoms with Crippen molar-refractivity contribution in [1.29, 1.82) is 0 Å². The molecular weight excluding hydrogens is 334 g/mol. The molecule has 0 N–H and O–H groups in total. The molecule has 144 valence electrons. The summed E-state index contributed by atoms with van der Waals surface area (Å²) >= 11 is 0. The molecule has 1 saturated carbocycles. The number of nitrogens with zero attached hydrogens (tertiary/aromatic N) is 1. The van der Waals surface area contributed by atoms with Gasteiger partial charge in [-0.2, -0.15) is 0 Å². The van der Waals surface area contributed by atoms with E-state index in [-0.39, 0.29) is 5.41 Å². The van der Waals surface area contributed by atoms with Gasteiger partial charge in [0.05, 0.1) is 19.3 Å². The summed E-state index contributed by atoms with van der Waals surface area (Å²) in [6.45, 7) is 4.89. The van der Waals surface area contributed by atoms with Crippen molar-refractivity contribution in [3.05, 3.63) is 71.8 Å². The van der Waals surface area contributed by atoms with Crippen LogP contribution >= 0.6 is 0 Å². The van der Waals surface area contributed by atoms with Gasteiger partial charge in [0.15, 0.2) is 0 Å². The van der Waals surface area contributed by atoms with E-state index >= 15 is 0 Å². The number of rotatable bonds is 8. The number of piperidine rings is 1. The Hall–Kier alpha value is -1.68. The molecule has 1 heterocycles. The molecule has 1 atom stereocenters. The topological polar surface area (TPSA) is 21.7 Å². The Balaban J connectivity index is 1.39. The molecule has 0 amide bonds. The van der Waals surface area contributed by atoms with Gasteiger partial charge < -0.3 is 14.4 Å². The molecule has 0 spiro atoms. The predicted octanol–water partition coefficient (Wildman–Crippen LogP) is 4.12. The lowest BCUT2D eigenvalue weighted by Crippen LogP contribution is -2.39. The molecule has 2 fully saturated rings. The second kappa shape index (κ2) is 8.55. The van der Waals surface area contributed by atoms with Crippen molar-refractivity contribution in [2.24, 2.45) is 5.92 Å². The van der Waals surface area contributed by atoms with Crippen molar-refractivity contribution in [3.63, 3.8) is 0 Å². The van der Waals surface area contributed by atoms with Gasteiger partial charge in [-0.25, -0.2) is 0 Å². The Morgan fingerprint density at radius 3 is 2.04 bits per heavy atom. The monoisotopic (exact) mass is 365 g/mol. The molecule has 0 bridgehead atoms. The minimum atomic E-state index is 0.203. The summed E-state index contributed by atoms with van der Waals surface area (Å²) in [5.74, 6) is 0.702. The summed E-state index contributed by atoms with van der Waals surface area (Å²) < 4.78 is 11.0. The molecule has 2 aromatic carbocycles. The maximum atomic E-state index is 5.92. The summed E-state index contributed by atoms with van der Waals surface area (Å²) in [5, 5.41) is 0. The standard InChI is InChI=1S/C24H31NO2/c1-26-16-17-27-23-12-14-25(15-13-23)19-22-18-24(22,20-8-4-2-5-9-20)21-10-6-3-7-11-21/h2-11,22-23H,12-19H2,1H3. The van der Waals surface area contributed by atoms with E-state index in [4.69, 9.17) is 9.47 Å². The van der Waals surface area contributed by atoms with Gasteiger partial charge in [0.1, 0.15) is 0 Å². The number of likely N-dealkylation sites (tertiary alicyclic amines) is 1. The third kappa shape index (κ3) is 4.11. The molecule has 3 nitrogen and oxygen atoms in total. The molecule has 2 aromatic rings. The molecule has 1 aliphatic heterocycles. The van der Waals surface area contributed by atoms with E-state index in [0.717, 1.165) is 32.5 Å². The van der Waals surface area contributed by atoms with Crippen molar-refractivity contribution >= 4 is 0 Å². The number of ether oxygens (including phenoxy) is 2. The van der Waals surface area contributed by atoms with Crippen LogP contribution in [0.1, 0.15) is 30.4 Å². The second-order valence-electron chi connectivity index (χ2n) is 7.97. The first-order valence-electron chi connectivity index (χ1n) is 10.3. The highest BCUT2D eigenvalue weighted by Crippen LogP contribution is 2.59. The van der Waals surface area contributed by atoms with Crippen molar-refractivity contribution in [3.8, 4) is 0 Å². The van der Waals surface area contributed by atoms with Crippen molar-refractivity contribution in [2.75, 3.05) is 40.0 Å². The van der Waals surface area contributed by atoms with Crippen LogP contribution in [0, 0.1) is 5.92 Å². The molecule has 1 aliphatic carbocycles. The SMILES string of the molecule is COCCOC1CCN(CC2CC2(c2ccccc2)c2ccccc2)CC1. The summed E-state index contributed by atoms with van der Waals surface area (Å²) in [6, 6.07) is 22.2. The van der Waals surface area contributed by atoms with Crippen molar-refractivity contribution < 1.29 is 9.47 Å². The maximum absolute atomic E-state index is 5.92. The summed E-state index contributed by atoms with van der Waals surface area (Å²) in [5.41, 5.74) is 3.15. The molecular formula is C24H31NO2. The second-order valence-corrected chi connectivity index (χ2v) is 7.97. The lowest BCUT2D eigenvalue weighted by molar-refractivity contribution is -0.0153. The van der Waals surface area contributed by atoms with Gasteiger partial charge in [-0.15, -0.1) is 0 Å². The van der Waals surface area contributed by atoms with E-state index in [1.54, 1.807) is 7.11 Å². The maximum Gasteiger partial charge on any atom is 0.0704 e. The predicted molar refractivity (Wildman–Crippen MR) is 109 cm³/mol. The van der Waals surface area contributed by atoms with Crippen LogP contribution in [0.25, 0.3) is 0 Å². The van der Waals surface area contributed by atoms with Crippen LogP contribution < -0.4 is 0 Å². The number of methoxy groups -OCH3 is 1. The minimum Gasteiger partial charge on any atom is -0.382 e. The lowest BCUT2D eigenvalue weighted by atomic mass is 9.85. The average Bonchev–Trinajstić information content (AvgIpc) is 3.46. The minimum absolute atomic E-state index is 0.203. The summed E-state index contributed by atoms with van der Waals surface area (Å²) in [6.07, 6.45) is 3.94. The van der Waals surface area contributed by atoms with Crippen LogP contribution in [-0.4, -0.2) is 51.0 Å². The fourth-order valence-corrected chi connectivity index (χ4v) is 4.76. The van der Waals surface area contributed by atoms with E-state index in [9.17, 15) is 0 Å². The Bertz CT molecular complexity index is 655. The van der Waals surface area contributed by atoms with Gasteiger partial charge in [-0.3, -0.25) is 0 Å². The number of hydrogen-bond donors (Lipinski definition) is 0. The highest BCUT2D eigenvalue weighted by Gasteiger charge is 2.56. The van der Waals surface area contributed by atoms with Crippen LogP contribution in [-0.2, 0) is 14.9 Å². The molecule has 2 aliphatic rings. The fraction of sp³-hybridized carbons (Fsp3) is 0.500. The van der Waals surface area contributed by atoms with Crippen LogP contribution in [0.4, 0.5) is 0 Å². The van der Waals surface area contributed by atoms with Crippen LogP contribution in [0.3, 0.4) is 0 Å². The number of hydrogen-bond acceptors (Lipinski definition) is 3. The Kier molecular flexibility index (Phi) is 5.92. The van der Waals surface area contributed by atoms with Gasteiger partial charge in [-0.1, -0.05) is 60.7 Å². The van der Waals surface area contributed by atoms with E-state index < -0.39 is 0 Å². The van der Waals surface area contributed by atoms with Gasteiger partial charge in [-0.05, 0) is 36.3 Å². The van der Waals surface area contributed by atoms with Crippen molar-refractivity contribution in [1.82, 2.24) is 4.90 Å². The van der Waals surface area contributed by atoms with Crippen LogP contribution in [0.15, 0.2) is 60.7 Å². The first-order valence-corrected chi connectivity index (χ1v) is 10.3. The van der Waals surface area contributed by atoms with Crippen molar-refractivity contribution in [2.45, 2.75) is 30.8 Å². The summed E-state index contributed by atoms with van der Waals surface area (Å²) in [4.78, 5) is 2.65. The van der Waals surface area contributed by atoms with Crippen LogP contribution in [0.2, 0.25) is 0 Å². The highest BCUT2D eigenvalue weighted by molar-refractivity contribution is 5.47. The molecule has 27 heavy (non-hydrogen) atoms. The van der Waals surface area contributed by atoms with Gasteiger partial charge >= 0.3 is 0 Å². The number of benzene rings is 2. The van der Waals surface area contributed by atoms with Gasteiger partial charge in [0.2, 0.25) is 0 Å². The van der Waals surface area contributed by atoms with Gasteiger partial charge in [0, 0.05) is 32.2 Å². The first-order chi connectivity index (χ1) is 13.3. The third-order valence-corrected chi connectivity index (χ3v) is 6.34. The molecule has 3 heteroatoms. The molecule has 0 aromatic heterocycles. The molecule has 1 saturated heterocycles. The zero-order valence-corrected chi connectivity index (χ0v) is 16.3. The normalized spacial score (nSPS) is 22.6. The summed E-state index contributed by atoms with van der Waals surface area (Å²) in [7, 11) is 1.73. The highest BCUT2D eigenvalue weighted by atomic mass is 16.5. The molecule has 4 rings (SSSR count).